The summed E-state index contributed by atoms with van der Waals surface area (Å²) in [7, 11) is 0. The lowest BCUT2D eigenvalue weighted by molar-refractivity contribution is 0.339. The van der Waals surface area contributed by atoms with Crippen LogP contribution in [0.25, 0.3) is 5.69 Å². The van der Waals surface area contributed by atoms with Crippen molar-refractivity contribution in [2.24, 2.45) is 5.41 Å². The quantitative estimate of drug-likeness (QED) is 0.917. The normalized spacial score (nSPS) is 23.4. The van der Waals surface area contributed by atoms with Crippen LogP contribution in [-0.2, 0) is 0 Å². The molecule has 1 N–H and O–H groups in total. The van der Waals surface area contributed by atoms with Gasteiger partial charge in [0.25, 0.3) is 0 Å². The van der Waals surface area contributed by atoms with Gasteiger partial charge in [0, 0.05) is 18.3 Å². The van der Waals surface area contributed by atoms with Crippen LogP contribution in [0.3, 0.4) is 0 Å². The summed E-state index contributed by atoms with van der Waals surface area (Å²) in [5.41, 5.74) is 2.73. The highest BCUT2D eigenvalue weighted by atomic mass is 15.4. The Bertz CT molecular complexity index is 669. The second-order valence-electron chi connectivity index (χ2n) is 6.46. The molecule has 5 heteroatoms. The summed E-state index contributed by atoms with van der Waals surface area (Å²) >= 11 is 0. The number of nitrogens with zero attached hydrogens (tertiary/aromatic N) is 4. The molecule has 21 heavy (non-hydrogen) atoms. The molecule has 110 valence electrons. The Hall–Kier alpha value is -1.75. The number of hydrogen-bond donors (Lipinski definition) is 1. The van der Waals surface area contributed by atoms with Gasteiger partial charge < -0.3 is 5.32 Å². The minimum absolute atomic E-state index is 0.476. The van der Waals surface area contributed by atoms with Gasteiger partial charge in [0.05, 0.1) is 5.69 Å². The van der Waals surface area contributed by atoms with Crippen molar-refractivity contribution in [3.63, 3.8) is 0 Å². The monoisotopic (exact) mass is 283 g/mol. The molecule has 0 unspecified atom stereocenters. The molecule has 0 aromatic carbocycles. The molecule has 2 aliphatic rings. The van der Waals surface area contributed by atoms with Gasteiger partial charge in [-0.15, -0.1) is 0 Å². The number of hydrogen-bond acceptors (Lipinski definition) is 4. The first-order valence-corrected chi connectivity index (χ1v) is 7.75. The largest absolute Gasteiger partial charge is 0.317 e. The van der Waals surface area contributed by atoms with E-state index in [1.165, 1.54) is 19.3 Å². The topological polar surface area (TPSA) is 55.6 Å². The molecular weight excluding hydrogens is 262 g/mol. The van der Waals surface area contributed by atoms with E-state index in [0.717, 1.165) is 36.0 Å². The summed E-state index contributed by atoms with van der Waals surface area (Å²) in [5.74, 6) is 2.56. The van der Waals surface area contributed by atoms with Gasteiger partial charge in [0.2, 0.25) is 0 Å². The number of aryl methyl sites for hydroxylation is 2. The zero-order valence-electron chi connectivity index (χ0n) is 12.6. The Morgan fingerprint density at radius 1 is 1.29 bits per heavy atom. The minimum atomic E-state index is 0.476. The van der Waals surface area contributed by atoms with Gasteiger partial charge in [-0.25, -0.2) is 9.67 Å². The highest BCUT2D eigenvalue weighted by Crippen LogP contribution is 2.63. The molecule has 1 saturated carbocycles. The van der Waals surface area contributed by atoms with Crippen LogP contribution in [0.2, 0.25) is 0 Å². The number of aromatic nitrogens is 4. The van der Waals surface area contributed by atoms with Crippen LogP contribution in [0.1, 0.15) is 42.4 Å². The van der Waals surface area contributed by atoms with Gasteiger partial charge in [0.15, 0.2) is 0 Å². The second kappa shape index (κ2) is 4.63. The predicted octanol–water partition coefficient (Wildman–Crippen LogP) is 2.14. The standard InChI is InChI=1S/C16H21N5/c1-11-10-18-6-3-14(11)21-15(19-12(2)20-21)13-9-16(13)4-7-17-8-5-16/h3,6,10,13,17H,4-5,7-9H2,1-2H3/t13-/m1/s1. The Labute approximate surface area is 124 Å². The van der Waals surface area contributed by atoms with Gasteiger partial charge in [0.1, 0.15) is 11.6 Å². The van der Waals surface area contributed by atoms with Crippen LogP contribution in [0, 0.1) is 19.3 Å². The smallest absolute Gasteiger partial charge is 0.148 e. The SMILES string of the molecule is Cc1nc([C@H]2CC23CCNCC3)n(-c2ccncc2C)n1. The van der Waals surface area contributed by atoms with Crippen molar-refractivity contribution < 1.29 is 0 Å². The molecule has 1 atom stereocenters. The number of pyridine rings is 1. The van der Waals surface area contributed by atoms with E-state index >= 15 is 0 Å². The molecule has 1 aliphatic heterocycles. The molecule has 4 rings (SSSR count). The molecule has 0 bridgehead atoms. The zero-order valence-corrected chi connectivity index (χ0v) is 12.6. The van der Waals surface area contributed by atoms with E-state index < -0.39 is 0 Å². The van der Waals surface area contributed by atoms with Crippen LogP contribution < -0.4 is 5.32 Å². The Morgan fingerprint density at radius 2 is 2.10 bits per heavy atom. The molecule has 3 heterocycles. The van der Waals surface area contributed by atoms with E-state index in [9.17, 15) is 0 Å². The van der Waals surface area contributed by atoms with Gasteiger partial charge in [-0.05, 0) is 63.2 Å². The average Bonchev–Trinajstić information content (AvgIpc) is 3.02. The van der Waals surface area contributed by atoms with Gasteiger partial charge in [-0.3, -0.25) is 4.98 Å². The first kappa shape index (κ1) is 13.0. The molecule has 1 spiro atoms. The van der Waals surface area contributed by atoms with Crippen LogP contribution in [0.15, 0.2) is 18.5 Å². The lowest BCUT2D eigenvalue weighted by atomic mass is 9.92. The second-order valence-corrected chi connectivity index (χ2v) is 6.46. The van der Waals surface area contributed by atoms with E-state index in [1.54, 1.807) is 0 Å². The van der Waals surface area contributed by atoms with Crippen LogP contribution in [-0.4, -0.2) is 32.8 Å². The number of nitrogens with one attached hydrogen (secondary N) is 1. The molecular formula is C16H21N5. The Morgan fingerprint density at radius 3 is 2.86 bits per heavy atom. The van der Waals surface area contributed by atoms with Crippen LogP contribution in [0.5, 0.6) is 0 Å². The van der Waals surface area contributed by atoms with E-state index in [1.807, 2.05) is 30.1 Å². The molecule has 1 aliphatic carbocycles. The molecule has 0 amide bonds. The Balaban J connectivity index is 1.73. The third-order valence-electron chi connectivity index (χ3n) is 5.06. The molecule has 5 nitrogen and oxygen atoms in total. The van der Waals surface area contributed by atoms with Crippen molar-refractivity contribution in [1.82, 2.24) is 25.1 Å². The van der Waals surface area contributed by atoms with Crippen molar-refractivity contribution in [1.29, 1.82) is 0 Å². The highest BCUT2D eigenvalue weighted by molar-refractivity contribution is 5.39. The minimum Gasteiger partial charge on any atom is -0.317 e. The lowest BCUT2D eigenvalue weighted by Crippen LogP contribution is -2.29. The maximum absolute atomic E-state index is 4.75. The van der Waals surface area contributed by atoms with E-state index in [2.05, 4.69) is 22.3 Å². The van der Waals surface area contributed by atoms with E-state index in [-0.39, 0.29) is 0 Å². The summed E-state index contributed by atoms with van der Waals surface area (Å²) in [5, 5.41) is 8.11. The molecule has 2 aromatic heterocycles. The number of rotatable bonds is 2. The van der Waals surface area contributed by atoms with Gasteiger partial charge >= 0.3 is 0 Å². The summed E-state index contributed by atoms with van der Waals surface area (Å²) in [6.07, 6.45) is 7.51. The van der Waals surface area contributed by atoms with Crippen molar-refractivity contribution in [3.8, 4) is 5.69 Å². The maximum Gasteiger partial charge on any atom is 0.148 e. The summed E-state index contributed by atoms with van der Waals surface area (Å²) in [4.78, 5) is 8.93. The lowest BCUT2D eigenvalue weighted by Gasteiger charge is -2.23. The molecule has 1 saturated heterocycles. The summed E-state index contributed by atoms with van der Waals surface area (Å²) in [6.45, 7) is 6.33. The Kier molecular flexibility index (Phi) is 2.85. The fraction of sp³-hybridized carbons (Fsp3) is 0.562. The fourth-order valence-corrected chi connectivity index (χ4v) is 3.73. The van der Waals surface area contributed by atoms with Crippen molar-refractivity contribution in [2.75, 3.05) is 13.1 Å². The summed E-state index contributed by atoms with van der Waals surface area (Å²) < 4.78 is 2.05. The third-order valence-corrected chi connectivity index (χ3v) is 5.06. The molecule has 0 radical (unpaired) electrons. The maximum atomic E-state index is 4.75. The average molecular weight is 283 g/mol. The van der Waals surface area contributed by atoms with Crippen LogP contribution in [0.4, 0.5) is 0 Å². The van der Waals surface area contributed by atoms with Crippen LogP contribution >= 0.6 is 0 Å². The van der Waals surface area contributed by atoms with Crippen molar-refractivity contribution in [3.05, 3.63) is 35.7 Å². The van der Waals surface area contributed by atoms with Gasteiger partial charge in [-0.2, -0.15) is 5.10 Å². The first-order valence-electron chi connectivity index (χ1n) is 7.75. The van der Waals surface area contributed by atoms with E-state index in [4.69, 9.17) is 4.98 Å². The third kappa shape index (κ3) is 2.07. The molecule has 2 aromatic rings. The van der Waals surface area contributed by atoms with Crippen molar-refractivity contribution >= 4 is 0 Å². The van der Waals surface area contributed by atoms with E-state index in [0.29, 0.717) is 11.3 Å². The zero-order chi connectivity index (χ0) is 14.4. The van der Waals surface area contributed by atoms with Gasteiger partial charge in [-0.1, -0.05) is 0 Å². The number of piperidine rings is 1. The highest BCUT2D eigenvalue weighted by Gasteiger charge is 2.56. The molecule has 2 fully saturated rings. The fourth-order valence-electron chi connectivity index (χ4n) is 3.73. The van der Waals surface area contributed by atoms with Crippen molar-refractivity contribution in [2.45, 2.75) is 39.0 Å². The summed E-state index contributed by atoms with van der Waals surface area (Å²) in [6, 6.07) is 2.03. The first-order chi connectivity index (χ1) is 10.2. The predicted molar refractivity (Wildman–Crippen MR) is 80.5 cm³/mol.